The molecule has 3 fully saturated rings. The highest BCUT2D eigenvalue weighted by Gasteiger charge is 2.56. The van der Waals surface area contributed by atoms with Gasteiger partial charge < -0.3 is 10.6 Å². The molecule has 3 aliphatic rings. The summed E-state index contributed by atoms with van der Waals surface area (Å²) < 4.78 is 0. The van der Waals surface area contributed by atoms with Gasteiger partial charge in [-0.15, -0.1) is 11.8 Å². The number of urea groups is 1. The average Bonchev–Trinajstić information content (AvgIpc) is 3.19. The maximum atomic E-state index is 13.2. The molecule has 1 aromatic carbocycles. The highest BCUT2D eigenvalue weighted by molar-refractivity contribution is 8.18. The number of rotatable bonds is 7. The molecule has 2 aliphatic heterocycles. The number of imide groups is 2. The van der Waals surface area contributed by atoms with Gasteiger partial charge in [-0.1, -0.05) is 32.9 Å². The molecule has 37 heavy (non-hydrogen) atoms. The summed E-state index contributed by atoms with van der Waals surface area (Å²) in [6.45, 7) is 5.84. The van der Waals surface area contributed by atoms with Crippen molar-refractivity contribution < 1.29 is 24.0 Å². The standard InChI is InChI=1S/C26H32N4O5S2/c1-16-12-25(2,3)15-26(13-16)22(33)30(23(34)28-26)14-20(31)27-9-10-29-21(32)19(37-24(29)35)11-17-5-7-18(36-4)8-6-17/h5-8,11,16H,9-10,12-15H2,1-4H3,(H,27,31)(H,28,34)/b19-11+. The number of hydrogen-bond donors (Lipinski definition) is 2. The van der Waals surface area contributed by atoms with Crippen molar-refractivity contribution in [1.82, 2.24) is 20.4 Å². The number of carbonyl (C=O) groups excluding carboxylic acids is 5. The zero-order valence-corrected chi connectivity index (χ0v) is 23.1. The molecule has 2 saturated heterocycles. The molecule has 0 radical (unpaired) electrons. The fourth-order valence-corrected chi connectivity index (χ4v) is 6.97. The highest BCUT2D eigenvalue weighted by atomic mass is 32.2. The second-order valence-corrected chi connectivity index (χ2v) is 12.6. The third-order valence-electron chi connectivity index (χ3n) is 6.87. The van der Waals surface area contributed by atoms with Gasteiger partial charge in [0.15, 0.2) is 0 Å². The van der Waals surface area contributed by atoms with Crippen molar-refractivity contribution in [1.29, 1.82) is 0 Å². The van der Waals surface area contributed by atoms with Crippen LogP contribution in [-0.4, -0.2) is 70.2 Å². The fourth-order valence-electron chi connectivity index (χ4n) is 5.70. The number of thioether (sulfide) groups is 2. The van der Waals surface area contributed by atoms with Crippen LogP contribution in [0.2, 0.25) is 0 Å². The van der Waals surface area contributed by atoms with Crippen LogP contribution in [0.1, 0.15) is 45.6 Å². The lowest BCUT2D eigenvalue weighted by molar-refractivity contribution is -0.137. The summed E-state index contributed by atoms with van der Waals surface area (Å²) in [5, 5.41) is 5.07. The predicted octanol–water partition coefficient (Wildman–Crippen LogP) is 3.70. The van der Waals surface area contributed by atoms with Gasteiger partial charge in [-0.3, -0.25) is 29.0 Å². The second kappa shape index (κ2) is 10.5. The molecule has 2 N–H and O–H groups in total. The van der Waals surface area contributed by atoms with Gasteiger partial charge in [-0.25, -0.2) is 4.79 Å². The monoisotopic (exact) mass is 544 g/mol. The van der Waals surface area contributed by atoms with E-state index in [4.69, 9.17) is 0 Å². The molecule has 1 spiro atoms. The summed E-state index contributed by atoms with van der Waals surface area (Å²) in [4.78, 5) is 67.0. The van der Waals surface area contributed by atoms with Crippen molar-refractivity contribution in [3.05, 3.63) is 34.7 Å². The summed E-state index contributed by atoms with van der Waals surface area (Å²) in [7, 11) is 0. The largest absolute Gasteiger partial charge is 0.353 e. The molecule has 0 bridgehead atoms. The maximum Gasteiger partial charge on any atom is 0.325 e. The lowest BCUT2D eigenvalue weighted by Gasteiger charge is -2.43. The van der Waals surface area contributed by atoms with E-state index < -0.39 is 35.2 Å². The molecule has 6 amide bonds. The minimum absolute atomic E-state index is 0.00502. The SMILES string of the molecule is CSc1ccc(/C=C2/SC(=O)N(CCNC(=O)CN3C(=O)NC4(CC(C)CC(C)(C)C4)C3=O)C2=O)cc1. The van der Waals surface area contributed by atoms with Crippen LogP contribution in [-0.2, 0) is 14.4 Å². The number of nitrogens with zero attached hydrogens (tertiary/aromatic N) is 2. The van der Waals surface area contributed by atoms with Crippen LogP contribution in [0, 0.1) is 11.3 Å². The smallest absolute Gasteiger partial charge is 0.325 e. The number of amides is 6. The zero-order valence-electron chi connectivity index (χ0n) is 21.5. The Balaban J connectivity index is 1.30. The second-order valence-electron chi connectivity index (χ2n) is 10.7. The lowest BCUT2D eigenvalue weighted by Crippen LogP contribution is -2.54. The molecule has 2 atom stereocenters. The first-order valence-electron chi connectivity index (χ1n) is 12.2. The van der Waals surface area contributed by atoms with E-state index in [1.165, 1.54) is 0 Å². The van der Waals surface area contributed by atoms with E-state index >= 15 is 0 Å². The Kier molecular flexibility index (Phi) is 7.75. The Hall–Kier alpha value is -2.79. The van der Waals surface area contributed by atoms with E-state index in [9.17, 15) is 24.0 Å². The molecule has 2 unspecified atom stereocenters. The molecule has 0 aromatic heterocycles. The third-order valence-corrected chi connectivity index (χ3v) is 8.52. The van der Waals surface area contributed by atoms with E-state index in [1.807, 2.05) is 30.5 Å². The Morgan fingerprint density at radius 1 is 1.16 bits per heavy atom. The average molecular weight is 545 g/mol. The van der Waals surface area contributed by atoms with Crippen LogP contribution in [0.15, 0.2) is 34.1 Å². The molecule has 2 heterocycles. The Labute approximate surface area is 225 Å². The molecule has 1 aromatic rings. The topological polar surface area (TPSA) is 116 Å². The van der Waals surface area contributed by atoms with E-state index in [1.54, 1.807) is 17.8 Å². The van der Waals surface area contributed by atoms with Crippen LogP contribution < -0.4 is 10.6 Å². The molecule has 11 heteroatoms. The van der Waals surface area contributed by atoms with Gasteiger partial charge in [0.25, 0.3) is 17.1 Å². The van der Waals surface area contributed by atoms with Crippen LogP contribution in [0.3, 0.4) is 0 Å². The summed E-state index contributed by atoms with van der Waals surface area (Å²) >= 11 is 2.47. The molecule has 1 saturated carbocycles. The maximum absolute atomic E-state index is 13.2. The van der Waals surface area contributed by atoms with E-state index in [0.717, 1.165) is 38.4 Å². The first kappa shape index (κ1) is 27.3. The molecular weight excluding hydrogens is 512 g/mol. The quantitative estimate of drug-likeness (QED) is 0.306. The number of hydrogen-bond acceptors (Lipinski definition) is 7. The Morgan fingerprint density at radius 2 is 1.86 bits per heavy atom. The normalized spacial score (nSPS) is 26.4. The predicted molar refractivity (Wildman–Crippen MR) is 144 cm³/mol. The van der Waals surface area contributed by atoms with Crippen molar-refractivity contribution in [2.24, 2.45) is 11.3 Å². The number of benzene rings is 1. The highest BCUT2D eigenvalue weighted by Crippen LogP contribution is 2.46. The van der Waals surface area contributed by atoms with Crippen molar-refractivity contribution in [3.8, 4) is 0 Å². The molecule has 1 aliphatic carbocycles. The van der Waals surface area contributed by atoms with Crippen LogP contribution in [0.25, 0.3) is 6.08 Å². The van der Waals surface area contributed by atoms with Crippen LogP contribution >= 0.6 is 23.5 Å². The number of nitrogens with one attached hydrogen (secondary N) is 2. The fraction of sp³-hybridized carbons (Fsp3) is 0.500. The first-order valence-corrected chi connectivity index (χ1v) is 14.3. The minimum atomic E-state index is -0.970. The van der Waals surface area contributed by atoms with E-state index in [0.29, 0.717) is 17.7 Å². The van der Waals surface area contributed by atoms with Crippen molar-refractivity contribution in [2.75, 3.05) is 25.9 Å². The Morgan fingerprint density at radius 3 is 2.51 bits per heavy atom. The molecule has 4 rings (SSSR count). The van der Waals surface area contributed by atoms with Crippen LogP contribution in [0.4, 0.5) is 9.59 Å². The summed E-state index contributed by atoms with van der Waals surface area (Å²) in [6.07, 6.45) is 5.69. The zero-order chi connectivity index (χ0) is 27.0. The van der Waals surface area contributed by atoms with Crippen molar-refractivity contribution in [2.45, 2.75) is 50.5 Å². The summed E-state index contributed by atoms with van der Waals surface area (Å²) in [5.74, 6) is -1.04. The summed E-state index contributed by atoms with van der Waals surface area (Å²) in [6, 6.07) is 7.09. The third kappa shape index (κ3) is 5.87. The van der Waals surface area contributed by atoms with Gasteiger partial charge in [0.1, 0.15) is 12.1 Å². The van der Waals surface area contributed by atoms with Crippen molar-refractivity contribution in [3.63, 3.8) is 0 Å². The molecule has 198 valence electrons. The van der Waals surface area contributed by atoms with Gasteiger partial charge in [0.2, 0.25) is 5.91 Å². The molecular formula is C26H32N4O5S2. The Bertz CT molecular complexity index is 1170. The lowest BCUT2D eigenvalue weighted by atomic mass is 9.64. The van der Waals surface area contributed by atoms with Gasteiger partial charge in [-0.2, -0.15) is 0 Å². The van der Waals surface area contributed by atoms with Gasteiger partial charge in [-0.05, 0) is 72.4 Å². The van der Waals surface area contributed by atoms with Crippen LogP contribution in [0.5, 0.6) is 0 Å². The summed E-state index contributed by atoms with van der Waals surface area (Å²) in [5.41, 5.74) is -0.252. The van der Waals surface area contributed by atoms with Gasteiger partial charge >= 0.3 is 6.03 Å². The van der Waals surface area contributed by atoms with E-state index in [2.05, 4.69) is 31.4 Å². The van der Waals surface area contributed by atoms with Crippen molar-refractivity contribution >= 4 is 58.6 Å². The van der Waals surface area contributed by atoms with Gasteiger partial charge in [0, 0.05) is 18.0 Å². The minimum Gasteiger partial charge on any atom is -0.353 e. The van der Waals surface area contributed by atoms with E-state index in [-0.39, 0.29) is 30.3 Å². The first-order chi connectivity index (χ1) is 17.4. The van der Waals surface area contributed by atoms with Gasteiger partial charge in [0.05, 0.1) is 4.91 Å². The molecule has 9 nitrogen and oxygen atoms in total. The number of carbonyl (C=O) groups is 5.